The second-order valence-corrected chi connectivity index (χ2v) is 3.83. The van der Waals surface area contributed by atoms with Crippen molar-refractivity contribution < 1.29 is 0 Å². The van der Waals surface area contributed by atoms with Gasteiger partial charge in [-0.05, 0) is 40.8 Å². The van der Waals surface area contributed by atoms with Crippen LogP contribution < -0.4 is 0 Å². The molecule has 0 bridgehead atoms. The Balaban J connectivity index is 2.20. The monoisotopic (exact) mass is 180 g/mol. The third kappa shape index (κ3) is 1.15. The van der Waals surface area contributed by atoms with E-state index in [1.807, 2.05) is 0 Å². The van der Waals surface area contributed by atoms with Crippen LogP contribution in [0.1, 0.15) is 18.4 Å². The Morgan fingerprint density at radius 1 is 0.857 bits per heavy atom. The predicted octanol–water partition coefficient (Wildman–Crippen LogP) is 4.02. The molecule has 0 aliphatic heterocycles. The minimum Gasteiger partial charge on any atom is -0.0804 e. The number of fused-ring (bicyclic) bond motifs is 1. The van der Waals surface area contributed by atoms with E-state index in [2.05, 4.69) is 48.5 Å². The van der Waals surface area contributed by atoms with E-state index < -0.39 is 0 Å². The van der Waals surface area contributed by atoms with Gasteiger partial charge in [-0.15, -0.1) is 0 Å². The molecule has 0 atom stereocenters. The van der Waals surface area contributed by atoms with Gasteiger partial charge >= 0.3 is 0 Å². The number of benzene rings is 2. The molecule has 0 spiro atoms. The maximum Gasteiger partial charge on any atom is -0.0178 e. The molecule has 0 heteroatoms. The Kier molecular flexibility index (Phi) is 1.66. The highest BCUT2D eigenvalue weighted by Gasteiger charge is 2.07. The molecule has 1 aliphatic carbocycles. The fraction of sp³-hybridized carbons (Fsp3) is 0.143. The van der Waals surface area contributed by atoms with Crippen molar-refractivity contribution >= 4 is 16.3 Å². The highest BCUT2D eigenvalue weighted by molar-refractivity contribution is 5.86. The molecule has 0 unspecified atom stereocenters. The molecular weight excluding hydrogens is 168 g/mol. The number of hydrogen-bond donors (Lipinski definition) is 0. The summed E-state index contributed by atoms with van der Waals surface area (Å²) in [4.78, 5) is 0. The Labute approximate surface area is 83.9 Å². The van der Waals surface area contributed by atoms with Gasteiger partial charge in [0.2, 0.25) is 0 Å². The van der Waals surface area contributed by atoms with Gasteiger partial charge < -0.3 is 0 Å². The average molecular weight is 180 g/mol. The normalized spacial score (nSPS) is 15.0. The van der Waals surface area contributed by atoms with Crippen LogP contribution in [0.3, 0.4) is 0 Å². The summed E-state index contributed by atoms with van der Waals surface area (Å²) < 4.78 is 0. The van der Waals surface area contributed by atoms with Gasteiger partial charge in [0.25, 0.3) is 0 Å². The lowest BCUT2D eigenvalue weighted by molar-refractivity contribution is 0.989. The maximum atomic E-state index is 2.32. The fourth-order valence-corrected chi connectivity index (χ4v) is 1.94. The molecule has 0 saturated heterocycles. The van der Waals surface area contributed by atoms with E-state index in [1.165, 1.54) is 34.8 Å². The largest absolute Gasteiger partial charge is 0.0804 e. The van der Waals surface area contributed by atoms with E-state index in [0.717, 1.165) is 0 Å². The summed E-state index contributed by atoms with van der Waals surface area (Å²) in [6.07, 6.45) is 4.82. The van der Waals surface area contributed by atoms with E-state index in [4.69, 9.17) is 0 Å². The van der Waals surface area contributed by atoms with Crippen molar-refractivity contribution in [1.29, 1.82) is 0 Å². The number of allylic oxidation sites excluding steroid dienone is 2. The zero-order valence-corrected chi connectivity index (χ0v) is 8.03. The Morgan fingerprint density at radius 2 is 1.64 bits per heavy atom. The van der Waals surface area contributed by atoms with Gasteiger partial charge in [-0.1, -0.05) is 42.5 Å². The topological polar surface area (TPSA) is 0 Å². The van der Waals surface area contributed by atoms with E-state index >= 15 is 0 Å². The smallest absolute Gasteiger partial charge is 0.0178 e. The average Bonchev–Trinajstić information content (AvgIpc) is 2.15. The predicted molar refractivity (Wildman–Crippen MR) is 61.2 cm³/mol. The summed E-state index contributed by atoms with van der Waals surface area (Å²) in [6, 6.07) is 15.3. The van der Waals surface area contributed by atoms with Crippen LogP contribution in [0.4, 0.5) is 0 Å². The van der Waals surface area contributed by atoms with Crippen LogP contribution in [0, 0.1) is 0 Å². The quantitative estimate of drug-likeness (QED) is 0.621. The van der Waals surface area contributed by atoms with Crippen LogP contribution in [0.15, 0.2) is 48.5 Å². The molecule has 2 aromatic rings. The molecule has 0 saturated carbocycles. The lowest BCUT2D eigenvalue weighted by Crippen LogP contribution is -1.92. The fourth-order valence-electron chi connectivity index (χ4n) is 1.94. The molecule has 0 N–H and O–H groups in total. The van der Waals surface area contributed by atoms with Crippen LogP contribution in [0.25, 0.3) is 16.3 Å². The standard InChI is InChI=1S/C14H12/c1-2-5-13-10-14(11-6-3-7-11)9-8-12(13)4-1/h1-2,4-6,8-10H,3,7H2. The van der Waals surface area contributed by atoms with E-state index in [9.17, 15) is 0 Å². The SMILES string of the molecule is C1=C(c2ccc3ccccc3c2)CC1. The third-order valence-electron chi connectivity index (χ3n) is 2.92. The van der Waals surface area contributed by atoms with Gasteiger partial charge in [-0.2, -0.15) is 0 Å². The first-order chi connectivity index (χ1) is 6.93. The first-order valence-electron chi connectivity index (χ1n) is 5.12. The molecule has 0 heterocycles. The molecule has 0 amide bonds. The summed E-state index contributed by atoms with van der Waals surface area (Å²) in [5.74, 6) is 0. The van der Waals surface area contributed by atoms with Crippen molar-refractivity contribution in [1.82, 2.24) is 0 Å². The zero-order valence-electron chi connectivity index (χ0n) is 8.03. The zero-order chi connectivity index (χ0) is 9.38. The van der Waals surface area contributed by atoms with E-state index in [-0.39, 0.29) is 0 Å². The molecule has 1 aliphatic rings. The molecule has 2 aromatic carbocycles. The Hall–Kier alpha value is -1.56. The van der Waals surface area contributed by atoms with Crippen LogP contribution in [0.2, 0.25) is 0 Å². The van der Waals surface area contributed by atoms with Crippen LogP contribution in [-0.2, 0) is 0 Å². The molecular formula is C14H12. The number of rotatable bonds is 1. The number of hydrogen-bond acceptors (Lipinski definition) is 0. The van der Waals surface area contributed by atoms with Gasteiger partial charge in [-0.25, -0.2) is 0 Å². The first-order valence-corrected chi connectivity index (χ1v) is 5.12. The van der Waals surface area contributed by atoms with Gasteiger partial charge in [0, 0.05) is 0 Å². The van der Waals surface area contributed by atoms with Gasteiger partial charge in [0.05, 0.1) is 0 Å². The summed E-state index contributed by atoms with van der Waals surface area (Å²) >= 11 is 0. The maximum absolute atomic E-state index is 2.32. The molecule has 0 nitrogen and oxygen atoms in total. The minimum atomic E-state index is 1.25. The van der Waals surface area contributed by atoms with Crippen molar-refractivity contribution in [2.75, 3.05) is 0 Å². The van der Waals surface area contributed by atoms with Crippen molar-refractivity contribution in [3.8, 4) is 0 Å². The summed E-state index contributed by atoms with van der Waals surface area (Å²) in [5, 5.41) is 2.67. The summed E-state index contributed by atoms with van der Waals surface area (Å²) in [7, 11) is 0. The van der Waals surface area contributed by atoms with Crippen molar-refractivity contribution in [3.63, 3.8) is 0 Å². The minimum absolute atomic E-state index is 1.25. The Morgan fingerprint density at radius 3 is 2.36 bits per heavy atom. The summed E-state index contributed by atoms with van der Waals surface area (Å²) in [6.45, 7) is 0. The highest BCUT2D eigenvalue weighted by Crippen LogP contribution is 2.30. The van der Waals surface area contributed by atoms with Crippen LogP contribution in [0.5, 0.6) is 0 Å². The molecule has 68 valence electrons. The molecule has 0 fully saturated rings. The van der Waals surface area contributed by atoms with E-state index in [0.29, 0.717) is 0 Å². The van der Waals surface area contributed by atoms with Crippen LogP contribution >= 0.6 is 0 Å². The Bertz CT molecular complexity index is 506. The van der Waals surface area contributed by atoms with Crippen molar-refractivity contribution in [3.05, 3.63) is 54.1 Å². The summed E-state index contributed by atoms with van der Waals surface area (Å²) in [5.41, 5.74) is 2.91. The van der Waals surface area contributed by atoms with Crippen molar-refractivity contribution in [2.24, 2.45) is 0 Å². The lowest BCUT2D eigenvalue weighted by Gasteiger charge is -2.14. The van der Waals surface area contributed by atoms with Crippen molar-refractivity contribution in [2.45, 2.75) is 12.8 Å². The molecule has 0 radical (unpaired) electrons. The van der Waals surface area contributed by atoms with Crippen LogP contribution in [-0.4, -0.2) is 0 Å². The van der Waals surface area contributed by atoms with Gasteiger partial charge in [0.15, 0.2) is 0 Å². The molecule has 3 rings (SSSR count). The second kappa shape index (κ2) is 2.98. The van der Waals surface area contributed by atoms with Gasteiger partial charge in [-0.3, -0.25) is 0 Å². The lowest BCUT2D eigenvalue weighted by atomic mass is 9.91. The highest BCUT2D eigenvalue weighted by atomic mass is 14.1. The molecule has 14 heavy (non-hydrogen) atoms. The molecule has 0 aromatic heterocycles. The second-order valence-electron chi connectivity index (χ2n) is 3.83. The van der Waals surface area contributed by atoms with E-state index in [1.54, 1.807) is 0 Å². The van der Waals surface area contributed by atoms with Gasteiger partial charge in [0.1, 0.15) is 0 Å². The first kappa shape index (κ1) is 7.81. The third-order valence-corrected chi connectivity index (χ3v) is 2.92.